The predicted octanol–water partition coefficient (Wildman–Crippen LogP) is 6.42. The van der Waals surface area contributed by atoms with Gasteiger partial charge in [0, 0.05) is 0 Å². The van der Waals surface area contributed by atoms with Crippen molar-refractivity contribution in [3.63, 3.8) is 0 Å². The minimum Gasteiger partial charge on any atom is -0.493 e. The number of aliphatic hydroxyl groups excluding tert-OH is 2. The van der Waals surface area contributed by atoms with Crippen LogP contribution in [0.3, 0.4) is 0 Å². The number of hydrogen-bond donors (Lipinski definition) is 3. The third kappa shape index (κ3) is 4.42. The van der Waals surface area contributed by atoms with Gasteiger partial charge in [0.25, 0.3) is 0 Å². The van der Waals surface area contributed by atoms with Gasteiger partial charge in [-0.05, 0) is 116 Å². The summed E-state index contributed by atoms with van der Waals surface area (Å²) in [4.78, 5) is 11.5. The molecule has 0 radical (unpaired) electrons. The molecule has 5 nitrogen and oxygen atoms in total. The summed E-state index contributed by atoms with van der Waals surface area (Å²) in [6.07, 6.45) is 9.15. The Labute approximate surface area is 223 Å². The maximum Gasteiger partial charge on any atom is 0.339 e. The lowest BCUT2D eigenvalue weighted by Gasteiger charge is -2.64. The van der Waals surface area contributed by atoms with Gasteiger partial charge in [-0.25, -0.2) is 4.79 Å². The Morgan fingerprint density at radius 2 is 1.73 bits per heavy atom. The van der Waals surface area contributed by atoms with Crippen molar-refractivity contribution in [3.8, 4) is 5.75 Å². The molecule has 0 bridgehead atoms. The molecule has 0 saturated heterocycles. The van der Waals surface area contributed by atoms with E-state index in [2.05, 4.69) is 27.7 Å². The van der Waals surface area contributed by atoms with Crippen molar-refractivity contribution in [2.24, 2.45) is 52.3 Å². The number of aliphatic hydroxyl groups is 2. The summed E-state index contributed by atoms with van der Waals surface area (Å²) in [5, 5.41) is 31.8. The largest absolute Gasteiger partial charge is 0.493 e. The molecule has 37 heavy (non-hydrogen) atoms. The number of rotatable bonds is 7. The van der Waals surface area contributed by atoms with E-state index in [1.54, 1.807) is 18.2 Å². The lowest BCUT2D eigenvalue weighted by molar-refractivity contribution is -0.203. The molecule has 11 atom stereocenters. The number of carbonyl (C=O) groups is 1. The molecule has 4 saturated carbocycles. The third-order valence-corrected chi connectivity index (χ3v) is 12.1. The fraction of sp³-hybridized carbons (Fsp3) is 0.781. The van der Waals surface area contributed by atoms with E-state index in [9.17, 15) is 20.1 Å². The van der Waals surface area contributed by atoms with Crippen LogP contribution in [0.15, 0.2) is 24.3 Å². The van der Waals surface area contributed by atoms with Crippen molar-refractivity contribution in [1.82, 2.24) is 0 Å². The smallest absolute Gasteiger partial charge is 0.339 e. The Kier molecular flexibility index (Phi) is 7.43. The van der Waals surface area contributed by atoms with Gasteiger partial charge in [-0.15, -0.1) is 0 Å². The van der Waals surface area contributed by atoms with Crippen LogP contribution in [0.4, 0.5) is 0 Å². The van der Waals surface area contributed by atoms with Gasteiger partial charge >= 0.3 is 5.97 Å². The summed E-state index contributed by atoms with van der Waals surface area (Å²) in [6, 6.07) is 6.90. The summed E-state index contributed by atoms with van der Waals surface area (Å²) in [5.74, 6) is 2.80. The summed E-state index contributed by atoms with van der Waals surface area (Å²) in [7, 11) is 0. The van der Waals surface area contributed by atoms with E-state index in [1.807, 2.05) is 6.07 Å². The van der Waals surface area contributed by atoms with Crippen LogP contribution in [-0.2, 0) is 0 Å². The van der Waals surface area contributed by atoms with Gasteiger partial charge in [0.2, 0.25) is 0 Å². The van der Waals surface area contributed by atoms with Crippen LogP contribution in [0.25, 0.3) is 0 Å². The van der Waals surface area contributed by atoms with Crippen molar-refractivity contribution in [2.75, 3.05) is 6.61 Å². The molecule has 4 fully saturated rings. The van der Waals surface area contributed by atoms with E-state index in [1.165, 1.54) is 25.7 Å². The van der Waals surface area contributed by atoms with Gasteiger partial charge in [0.05, 0.1) is 18.8 Å². The Balaban J connectivity index is 1.30. The molecule has 4 aliphatic rings. The van der Waals surface area contributed by atoms with Gasteiger partial charge in [-0.2, -0.15) is 0 Å². The maximum atomic E-state index is 11.9. The number of para-hydroxylation sites is 1. The highest BCUT2D eigenvalue weighted by Gasteiger charge is 2.64. The number of benzene rings is 1. The molecule has 0 heterocycles. The minimum atomic E-state index is -0.952. The van der Waals surface area contributed by atoms with Crippen molar-refractivity contribution in [2.45, 2.75) is 97.7 Å². The average Bonchev–Trinajstić information content (AvgIpc) is 3.22. The van der Waals surface area contributed by atoms with E-state index < -0.39 is 5.97 Å². The van der Waals surface area contributed by atoms with Crippen LogP contribution in [-0.4, -0.2) is 40.1 Å². The topological polar surface area (TPSA) is 87.0 Å². The van der Waals surface area contributed by atoms with Crippen molar-refractivity contribution in [3.05, 3.63) is 29.8 Å². The molecular formula is C32H48O5. The molecule has 3 N–H and O–H groups in total. The van der Waals surface area contributed by atoms with Gasteiger partial charge in [0.15, 0.2) is 0 Å². The van der Waals surface area contributed by atoms with Gasteiger partial charge in [-0.1, -0.05) is 46.2 Å². The lowest BCUT2D eigenvalue weighted by atomic mass is 9.41. The first-order chi connectivity index (χ1) is 17.6. The van der Waals surface area contributed by atoms with Crippen molar-refractivity contribution >= 4 is 5.97 Å². The van der Waals surface area contributed by atoms with E-state index in [4.69, 9.17) is 4.74 Å². The zero-order valence-electron chi connectivity index (χ0n) is 23.2. The highest BCUT2D eigenvalue weighted by molar-refractivity contribution is 5.90. The first-order valence-electron chi connectivity index (χ1n) is 14.9. The first-order valence-corrected chi connectivity index (χ1v) is 14.9. The highest BCUT2D eigenvalue weighted by atomic mass is 16.5. The van der Waals surface area contributed by atoms with E-state index in [-0.39, 0.29) is 28.6 Å². The summed E-state index contributed by atoms with van der Waals surface area (Å²) >= 11 is 0. The number of carboxylic acids is 1. The third-order valence-electron chi connectivity index (χ3n) is 12.1. The van der Waals surface area contributed by atoms with Crippen LogP contribution >= 0.6 is 0 Å². The quantitative estimate of drug-likeness (QED) is 0.393. The number of carboxylic acid groups (broad SMARTS) is 1. The Bertz CT molecular complexity index is 978. The molecule has 0 aromatic heterocycles. The Hall–Kier alpha value is -1.59. The second kappa shape index (κ2) is 10.2. The minimum absolute atomic E-state index is 0.203. The molecule has 5 rings (SSSR count). The molecule has 206 valence electrons. The normalized spacial score (nSPS) is 43.8. The van der Waals surface area contributed by atoms with E-state index in [0.717, 1.165) is 32.1 Å². The number of aromatic carboxylic acids is 1. The molecule has 2 unspecified atom stereocenters. The maximum absolute atomic E-state index is 11.9. The van der Waals surface area contributed by atoms with E-state index >= 15 is 0 Å². The molecule has 1 aromatic carbocycles. The average molecular weight is 513 g/mol. The number of hydrogen-bond acceptors (Lipinski definition) is 4. The SMILES string of the molecule is CC[C@H]1[C@@H](O)[C@H]2[C@@H]3CC[C@H]([C@H](C)CCOc4ccccc4C(=O)O)C3(C)CC[C@@H]2C2(C)CC[C@@H](O)C[C@@H]12. The molecule has 5 heteroatoms. The molecule has 4 aliphatic carbocycles. The standard InChI is InChI=1S/C32H48O5/c1-5-21-26-18-20(33)12-15-32(26,4)25-13-16-31(3)23(10-11-24(31)28(25)29(21)34)19(2)14-17-37-27-9-7-6-8-22(27)30(35)36/h6-9,19-21,23-26,28-29,33-34H,5,10-18H2,1-4H3,(H,35,36)/t19-,20-,21-,23-,24+,25+,26+,28+,29-,31?,32?/m1/s1. The highest BCUT2D eigenvalue weighted by Crippen LogP contribution is 2.69. The van der Waals surface area contributed by atoms with Gasteiger partial charge < -0.3 is 20.1 Å². The Morgan fingerprint density at radius 1 is 1.03 bits per heavy atom. The van der Waals surface area contributed by atoms with Gasteiger partial charge in [-0.3, -0.25) is 0 Å². The molecule has 0 amide bonds. The second-order valence-electron chi connectivity index (χ2n) is 13.5. The first kappa shape index (κ1) is 27.0. The van der Waals surface area contributed by atoms with Crippen LogP contribution in [0.1, 0.15) is 95.8 Å². The number of ether oxygens (including phenoxy) is 1. The fourth-order valence-electron chi connectivity index (χ4n) is 10.3. The van der Waals surface area contributed by atoms with Gasteiger partial charge in [0.1, 0.15) is 11.3 Å². The van der Waals surface area contributed by atoms with Crippen LogP contribution in [0.2, 0.25) is 0 Å². The zero-order chi connectivity index (χ0) is 26.5. The molecule has 1 aromatic rings. The molecular weight excluding hydrogens is 464 g/mol. The van der Waals surface area contributed by atoms with Crippen LogP contribution in [0, 0.1) is 52.3 Å². The monoisotopic (exact) mass is 512 g/mol. The van der Waals surface area contributed by atoms with E-state index in [0.29, 0.717) is 53.8 Å². The summed E-state index contributed by atoms with van der Waals surface area (Å²) < 4.78 is 5.97. The van der Waals surface area contributed by atoms with Crippen molar-refractivity contribution < 1.29 is 24.9 Å². The lowest BCUT2D eigenvalue weighted by Crippen LogP contribution is -2.62. The second-order valence-corrected chi connectivity index (χ2v) is 13.5. The summed E-state index contributed by atoms with van der Waals surface area (Å²) in [5.41, 5.74) is 0.691. The Morgan fingerprint density at radius 3 is 2.46 bits per heavy atom. The van der Waals surface area contributed by atoms with Crippen molar-refractivity contribution in [1.29, 1.82) is 0 Å². The summed E-state index contributed by atoms with van der Waals surface area (Å²) in [6.45, 7) is 10.1. The van der Waals surface area contributed by atoms with Crippen LogP contribution < -0.4 is 4.74 Å². The fourth-order valence-corrected chi connectivity index (χ4v) is 10.3. The predicted molar refractivity (Wildman–Crippen MR) is 144 cm³/mol. The number of fused-ring (bicyclic) bond motifs is 5. The zero-order valence-corrected chi connectivity index (χ0v) is 23.2. The molecule has 0 spiro atoms. The molecule has 0 aliphatic heterocycles. The van der Waals surface area contributed by atoms with Crippen LogP contribution in [0.5, 0.6) is 5.75 Å².